The Bertz CT molecular complexity index is 1350. The molecule has 35 heavy (non-hydrogen) atoms. The molecule has 0 radical (unpaired) electrons. The maximum Gasteiger partial charge on any atom is 0.261 e. The fraction of sp³-hybridized carbons (Fsp3) is 0.571. The number of fused-ring (bicyclic) bond motifs is 5. The number of benzene rings is 1. The van der Waals surface area contributed by atoms with Crippen molar-refractivity contribution in [1.29, 1.82) is 0 Å². The number of amides is 1. The molecule has 7 atom stereocenters. The van der Waals surface area contributed by atoms with Crippen molar-refractivity contribution < 1.29 is 15.0 Å². The number of aromatic hydroxyl groups is 1. The Morgan fingerprint density at radius 3 is 2.63 bits per heavy atom. The van der Waals surface area contributed by atoms with Crippen molar-refractivity contribution in [1.82, 2.24) is 14.8 Å². The van der Waals surface area contributed by atoms with E-state index in [0.717, 1.165) is 49.9 Å². The first-order chi connectivity index (χ1) is 16.8. The Morgan fingerprint density at radius 2 is 1.89 bits per heavy atom. The number of carbonyl (C=O) groups is 1. The number of aliphatic hydroxyl groups excluding tert-OH is 1. The lowest BCUT2D eigenvalue weighted by molar-refractivity contribution is -0.00146. The van der Waals surface area contributed by atoms with Crippen LogP contribution in [0.4, 0.5) is 0 Å². The van der Waals surface area contributed by atoms with E-state index >= 15 is 0 Å². The number of nitrogens with one attached hydrogen (secondary N) is 1. The van der Waals surface area contributed by atoms with Gasteiger partial charge in [0.2, 0.25) is 0 Å². The van der Waals surface area contributed by atoms with Crippen molar-refractivity contribution in [2.24, 2.45) is 5.92 Å². The van der Waals surface area contributed by atoms with Crippen LogP contribution >= 0.6 is 0 Å². The molecule has 1 saturated carbocycles. The van der Waals surface area contributed by atoms with Crippen LogP contribution < -0.4 is 5.56 Å². The SMILES string of the molecule is CN1CC23CC4(Cc5[nH]c(=O)c(C(=O)N6[C@@H]7CC[C@H]6CC(O)C7)cc5C[C@H]4[C@H]12)c1cc(O)ccc13. The monoisotopic (exact) mass is 473 g/mol. The second kappa shape index (κ2) is 6.37. The molecule has 7 heteroatoms. The average Bonchev–Trinajstić information content (AvgIpc) is 3.33. The fourth-order valence-corrected chi connectivity index (χ4v) is 9.69. The van der Waals surface area contributed by atoms with Crippen molar-refractivity contribution in [3.8, 4) is 5.75 Å². The number of H-pyrrole nitrogens is 1. The van der Waals surface area contributed by atoms with E-state index in [1.807, 2.05) is 23.1 Å². The zero-order chi connectivity index (χ0) is 23.9. The lowest BCUT2D eigenvalue weighted by atomic mass is 9.58. The van der Waals surface area contributed by atoms with Crippen LogP contribution in [0.3, 0.4) is 0 Å². The minimum Gasteiger partial charge on any atom is -0.508 e. The Labute approximate surface area is 203 Å². The summed E-state index contributed by atoms with van der Waals surface area (Å²) < 4.78 is 0. The molecule has 7 nitrogen and oxygen atoms in total. The summed E-state index contributed by atoms with van der Waals surface area (Å²) in [5.74, 6) is 0.541. The van der Waals surface area contributed by atoms with Gasteiger partial charge in [-0.3, -0.25) is 9.59 Å². The maximum absolute atomic E-state index is 13.6. The number of aliphatic hydroxyl groups is 1. The first kappa shape index (κ1) is 20.5. The lowest BCUT2D eigenvalue weighted by Gasteiger charge is -2.58. The molecule has 1 amide bonds. The quantitative estimate of drug-likeness (QED) is 0.587. The van der Waals surface area contributed by atoms with Gasteiger partial charge in [0.1, 0.15) is 11.3 Å². The van der Waals surface area contributed by atoms with Crippen LogP contribution in [-0.2, 0) is 23.7 Å². The molecule has 4 fully saturated rings. The summed E-state index contributed by atoms with van der Waals surface area (Å²) in [6, 6.07) is 8.32. The van der Waals surface area contributed by atoms with E-state index < -0.39 is 0 Å². The minimum atomic E-state index is -0.346. The predicted octanol–water partition coefficient (Wildman–Crippen LogP) is 1.83. The number of carbonyl (C=O) groups excluding carboxylic acids is 1. The molecule has 182 valence electrons. The first-order valence-corrected chi connectivity index (χ1v) is 13.1. The number of likely N-dealkylation sites (N-methyl/N-ethyl adjacent to an activating group) is 1. The normalized spacial score (nSPS) is 40.1. The molecular formula is C28H31N3O4. The average molecular weight is 474 g/mol. The molecule has 1 aromatic carbocycles. The number of hydrogen-bond acceptors (Lipinski definition) is 5. The van der Waals surface area contributed by atoms with E-state index in [1.165, 1.54) is 11.1 Å². The van der Waals surface area contributed by atoms with Gasteiger partial charge in [0, 0.05) is 41.2 Å². The van der Waals surface area contributed by atoms with E-state index in [-0.39, 0.29) is 46.0 Å². The highest BCUT2D eigenvalue weighted by Gasteiger charge is 2.74. The van der Waals surface area contributed by atoms with Gasteiger partial charge in [0.25, 0.3) is 11.5 Å². The lowest BCUT2D eigenvalue weighted by Crippen LogP contribution is -2.66. The highest BCUT2D eigenvalue weighted by molar-refractivity contribution is 5.95. The van der Waals surface area contributed by atoms with Gasteiger partial charge >= 0.3 is 0 Å². The van der Waals surface area contributed by atoms with Gasteiger partial charge in [-0.2, -0.15) is 0 Å². The molecule has 3 aliphatic heterocycles. The number of nitrogens with zero attached hydrogens (tertiary/aromatic N) is 2. The number of hydrogen-bond donors (Lipinski definition) is 3. The van der Waals surface area contributed by atoms with Crippen LogP contribution in [0, 0.1) is 5.92 Å². The Balaban J connectivity index is 1.20. The Morgan fingerprint density at radius 1 is 1.11 bits per heavy atom. The van der Waals surface area contributed by atoms with Crippen LogP contribution in [0.25, 0.3) is 0 Å². The third kappa shape index (κ3) is 2.35. The summed E-state index contributed by atoms with van der Waals surface area (Å²) in [5.41, 5.74) is 4.72. The van der Waals surface area contributed by atoms with E-state index in [0.29, 0.717) is 30.6 Å². The van der Waals surface area contributed by atoms with Crippen molar-refractivity contribution in [3.05, 3.63) is 62.6 Å². The van der Waals surface area contributed by atoms with Gasteiger partial charge < -0.3 is 25.0 Å². The van der Waals surface area contributed by atoms with Crippen LogP contribution in [0.15, 0.2) is 29.1 Å². The largest absolute Gasteiger partial charge is 0.508 e. The Hall–Kier alpha value is -2.64. The number of phenolic OH excluding ortho intramolecular Hbond substituents is 1. The minimum absolute atomic E-state index is 0.0354. The van der Waals surface area contributed by atoms with Crippen LogP contribution in [0.1, 0.15) is 64.8 Å². The third-order valence-electron chi connectivity index (χ3n) is 10.7. The maximum atomic E-state index is 13.6. The van der Waals surface area contributed by atoms with E-state index in [9.17, 15) is 19.8 Å². The van der Waals surface area contributed by atoms with Crippen molar-refractivity contribution in [2.45, 2.75) is 80.0 Å². The molecule has 6 aliphatic rings. The molecule has 3 N–H and O–H groups in total. The van der Waals surface area contributed by atoms with Crippen molar-refractivity contribution >= 4 is 5.91 Å². The van der Waals surface area contributed by atoms with Gasteiger partial charge in [-0.1, -0.05) is 6.07 Å². The summed E-state index contributed by atoms with van der Waals surface area (Å²) in [6.07, 6.45) is 5.34. The van der Waals surface area contributed by atoms with E-state index in [4.69, 9.17) is 0 Å². The second-order valence-electron chi connectivity index (χ2n) is 12.3. The molecule has 2 spiro atoms. The highest BCUT2D eigenvalue weighted by Crippen LogP contribution is 2.71. The van der Waals surface area contributed by atoms with Crippen molar-refractivity contribution in [2.75, 3.05) is 13.6 Å². The summed E-state index contributed by atoms with van der Waals surface area (Å²) >= 11 is 0. The van der Waals surface area contributed by atoms with Gasteiger partial charge in [-0.05, 0) is 92.8 Å². The van der Waals surface area contributed by atoms with Gasteiger partial charge in [0.05, 0.1) is 6.10 Å². The van der Waals surface area contributed by atoms with Gasteiger partial charge in [0.15, 0.2) is 0 Å². The van der Waals surface area contributed by atoms with E-state index in [1.54, 1.807) is 0 Å². The molecule has 2 aromatic rings. The summed E-state index contributed by atoms with van der Waals surface area (Å²) in [7, 11) is 2.21. The second-order valence-corrected chi connectivity index (χ2v) is 12.3. The standard InChI is InChI=1S/C28H31N3O4/c1-30-13-28-12-27(21-10-17(32)4-5-20(21)28)11-23-14(7-22(27)24(28)30)6-19(25(34)29-23)26(35)31-15-2-3-16(31)9-18(33)8-15/h4-6,10,15-16,18,22,24,32-33H,2-3,7-9,11-13H2,1H3,(H,29,34)/t15-,16+,18?,22-,24-,27?,28?/m0/s1. The number of phenols is 1. The van der Waals surface area contributed by atoms with Gasteiger partial charge in [-0.15, -0.1) is 0 Å². The molecule has 4 bridgehead atoms. The molecule has 8 rings (SSSR count). The van der Waals surface area contributed by atoms with Crippen LogP contribution in [0.2, 0.25) is 0 Å². The number of aromatic amines is 1. The number of piperidine rings is 1. The van der Waals surface area contributed by atoms with Crippen LogP contribution in [0.5, 0.6) is 5.75 Å². The van der Waals surface area contributed by atoms with Crippen LogP contribution in [-0.4, -0.2) is 68.7 Å². The first-order valence-electron chi connectivity index (χ1n) is 13.1. The third-order valence-corrected chi connectivity index (χ3v) is 10.7. The molecule has 1 aromatic heterocycles. The summed E-state index contributed by atoms with van der Waals surface area (Å²) in [4.78, 5) is 34.4. The molecule has 4 heterocycles. The number of rotatable bonds is 1. The van der Waals surface area contributed by atoms with Crippen molar-refractivity contribution in [3.63, 3.8) is 0 Å². The molecular weight excluding hydrogens is 442 g/mol. The zero-order valence-corrected chi connectivity index (χ0v) is 20.0. The predicted molar refractivity (Wildman–Crippen MR) is 129 cm³/mol. The van der Waals surface area contributed by atoms with Gasteiger partial charge in [-0.25, -0.2) is 0 Å². The fourth-order valence-electron chi connectivity index (χ4n) is 9.69. The molecule has 3 saturated heterocycles. The molecule has 3 aliphatic carbocycles. The Kier molecular flexibility index (Phi) is 3.74. The smallest absolute Gasteiger partial charge is 0.261 e. The van der Waals surface area contributed by atoms with E-state index in [2.05, 4.69) is 23.0 Å². The molecule has 3 unspecified atom stereocenters. The topological polar surface area (TPSA) is 96.9 Å². The summed E-state index contributed by atoms with van der Waals surface area (Å²) in [6.45, 7) is 1.04. The zero-order valence-electron chi connectivity index (χ0n) is 20.0. The number of likely N-dealkylation sites (tertiary alicyclic amines) is 1. The number of pyridine rings is 1. The highest BCUT2D eigenvalue weighted by atomic mass is 16.3. The summed E-state index contributed by atoms with van der Waals surface area (Å²) in [5, 5.41) is 20.5. The number of aromatic nitrogens is 1.